The highest BCUT2D eigenvalue weighted by Crippen LogP contribution is 2.25. The maximum Gasteiger partial charge on any atom is 0.272 e. The smallest absolute Gasteiger partial charge is 0.272 e. The zero-order valence-corrected chi connectivity index (χ0v) is 10.8. The minimum Gasteiger partial charge on any atom is -0.421 e. The first-order valence-corrected chi connectivity index (χ1v) is 6.09. The summed E-state index contributed by atoms with van der Waals surface area (Å²) in [5.41, 5.74) is -0.268. The molecule has 0 amide bonds. The van der Waals surface area contributed by atoms with Crippen LogP contribution >= 0.6 is 0 Å². The van der Waals surface area contributed by atoms with Crippen LogP contribution in [0.5, 0.6) is 0 Å². The Hall–Kier alpha value is -2.35. The molecule has 0 saturated carbocycles. The fraction of sp³-hybridized carbons (Fsp3) is 0.333. The van der Waals surface area contributed by atoms with Gasteiger partial charge in [0.2, 0.25) is 5.89 Å². The van der Waals surface area contributed by atoms with Crippen LogP contribution in [-0.4, -0.2) is 28.2 Å². The third-order valence-electron chi connectivity index (χ3n) is 2.63. The van der Waals surface area contributed by atoms with Crippen molar-refractivity contribution >= 4 is 5.69 Å². The molecular weight excluding hydrogens is 267 g/mol. The first kappa shape index (κ1) is 14.1. The number of nitrogens with one attached hydrogen (secondary N) is 1. The third-order valence-corrected chi connectivity index (χ3v) is 2.63. The van der Waals surface area contributed by atoms with Crippen LogP contribution in [0.25, 0.3) is 11.5 Å². The number of non-ortho nitro benzene ring substituents is 1. The van der Waals surface area contributed by atoms with Crippen LogP contribution in [0.2, 0.25) is 0 Å². The Morgan fingerprint density at radius 2 is 2.25 bits per heavy atom. The van der Waals surface area contributed by atoms with Gasteiger partial charge in [-0.2, -0.15) is 0 Å². The van der Waals surface area contributed by atoms with Crippen LogP contribution in [0.3, 0.4) is 0 Å². The van der Waals surface area contributed by atoms with Crippen LogP contribution in [0.15, 0.2) is 22.6 Å². The SMILES string of the molecule is CCNCCc1nnc(-c2ccc([N+](=O)[O-])cc2F)o1. The summed E-state index contributed by atoms with van der Waals surface area (Å²) in [4.78, 5) is 9.87. The standard InChI is InChI=1S/C12H13FN4O3/c1-2-14-6-5-11-15-16-12(20-11)9-4-3-8(17(18)19)7-10(9)13/h3-4,7,14H,2,5-6H2,1H3. The zero-order chi connectivity index (χ0) is 14.5. The Labute approximate surface area is 114 Å². The number of halogens is 1. The van der Waals surface area contributed by atoms with Gasteiger partial charge in [-0.1, -0.05) is 6.92 Å². The van der Waals surface area contributed by atoms with Crippen LogP contribution in [0.1, 0.15) is 12.8 Å². The lowest BCUT2D eigenvalue weighted by Gasteiger charge is -1.98. The maximum atomic E-state index is 13.8. The van der Waals surface area contributed by atoms with Crippen molar-refractivity contribution < 1.29 is 13.7 Å². The number of nitrogens with zero attached hydrogens (tertiary/aromatic N) is 3. The Morgan fingerprint density at radius 3 is 2.90 bits per heavy atom. The normalized spacial score (nSPS) is 10.7. The van der Waals surface area contributed by atoms with E-state index in [1.54, 1.807) is 0 Å². The van der Waals surface area contributed by atoms with Gasteiger partial charge in [0.05, 0.1) is 16.6 Å². The molecule has 0 aliphatic heterocycles. The van der Waals surface area contributed by atoms with E-state index in [0.717, 1.165) is 12.6 Å². The number of nitro benzene ring substituents is 1. The summed E-state index contributed by atoms with van der Waals surface area (Å²) in [5.74, 6) is -0.358. The van der Waals surface area contributed by atoms with Gasteiger partial charge >= 0.3 is 0 Å². The lowest BCUT2D eigenvalue weighted by molar-refractivity contribution is -0.385. The van der Waals surface area contributed by atoms with Crippen molar-refractivity contribution in [2.24, 2.45) is 0 Å². The number of nitro groups is 1. The summed E-state index contributed by atoms with van der Waals surface area (Å²) < 4.78 is 19.1. The second-order valence-electron chi connectivity index (χ2n) is 4.03. The Morgan fingerprint density at radius 1 is 1.45 bits per heavy atom. The number of benzene rings is 1. The maximum absolute atomic E-state index is 13.8. The van der Waals surface area contributed by atoms with Crippen molar-refractivity contribution in [3.8, 4) is 11.5 Å². The molecule has 0 unspecified atom stereocenters. The van der Waals surface area contributed by atoms with Crippen molar-refractivity contribution in [3.05, 3.63) is 40.0 Å². The van der Waals surface area contributed by atoms with Crippen LogP contribution < -0.4 is 5.32 Å². The molecule has 0 atom stereocenters. The molecule has 0 aliphatic rings. The second-order valence-corrected chi connectivity index (χ2v) is 4.03. The first-order chi connectivity index (χ1) is 9.61. The van der Waals surface area contributed by atoms with Crippen LogP contribution in [0.4, 0.5) is 10.1 Å². The fourth-order valence-corrected chi connectivity index (χ4v) is 1.63. The number of hydrogen-bond acceptors (Lipinski definition) is 6. The van der Waals surface area contributed by atoms with Gasteiger partial charge in [0.15, 0.2) is 0 Å². The van der Waals surface area contributed by atoms with E-state index in [2.05, 4.69) is 15.5 Å². The molecule has 1 aromatic carbocycles. The van der Waals surface area contributed by atoms with E-state index in [1.807, 2.05) is 6.92 Å². The summed E-state index contributed by atoms with van der Waals surface area (Å²) in [6, 6.07) is 3.29. The number of aromatic nitrogens is 2. The Kier molecular flexibility index (Phi) is 4.36. The summed E-state index contributed by atoms with van der Waals surface area (Å²) >= 11 is 0. The summed E-state index contributed by atoms with van der Waals surface area (Å²) in [5, 5.41) is 21.2. The Balaban J connectivity index is 2.17. The molecule has 106 valence electrons. The lowest BCUT2D eigenvalue weighted by atomic mass is 10.2. The second kappa shape index (κ2) is 6.20. The van der Waals surface area contributed by atoms with Gasteiger partial charge in [-0.15, -0.1) is 10.2 Å². The lowest BCUT2D eigenvalue weighted by Crippen LogP contribution is -2.16. The third kappa shape index (κ3) is 3.15. The van der Waals surface area contributed by atoms with Gasteiger partial charge in [0.25, 0.3) is 11.6 Å². The zero-order valence-electron chi connectivity index (χ0n) is 10.8. The van der Waals surface area contributed by atoms with Crippen LogP contribution in [-0.2, 0) is 6.42 Å². The Bertz CT molecular complexity index is 614. The molecule has 1 heterocycles. The molecule has 2 aromatic rings. The molecule has 7 nitrogen and oxygen atoms in total. The molecule has 8 heteroatoms. The number of likely N-dealkylation sites (N-methyl/N-ethyl adjacent to an activating group) is 1. The first-order valence-electron chi connectivity index (χ1n) is 6.09. The molecule has 0 aliphatic carbocycles. The van der Waals surface area contributed by atoms with E-state index in [1.165, 1.54) is 12.1 Å². The fourth-order valence-electron chi connectivity index (χ4n) is 1.63. The summed E-state index contributed by atoms with van der Waals surface area (Å²) in [7, 11) is 0. The minimum absolute atomic E-state index is 0.0175. The molecule has 1 N–H and O–H groups in total. The molecule has 1 aromatic heterocycles. The molecule has 20 heavy (non-hydrogen) atoms. The van der Waals surface area contributed by atoms with Crippen molar-refractivity contribution in [1.29, 1.82) is 0 Å². The number of hydrogen-bond donors (Lipinski definition) is 1. The molecule has 0 spiro atoms. The molecule has 0 fully saturated rings. The molecule has 0 radical (unpaired) electrons. The van der Waals surface area contributed by atoms with Gasteiger partial charge in [-0.25, -0.2) is 4.39 Å². The highest BCUT2D eigenvalue weighted by molar-refractivity contribution is 5.56. The molecular formula is C12H13FN4O3. The van der Waals surface area contributed by atoms with Gasteiger partial charge in [0.1, 0.15) is 5.82 Å². The average Bonchev–Trinajstić information content (AvgIpc) is 2.87. The molecule has 0 bridgehead atoms. The minimum atomic E-state index is -0.763. The monoisotopic (exact) mass is 280 g/mol. The van der Waals surface area contributed by atoms with E-state index in [-0.39, 0.29) is 17.1 Å². The predicted octanol–water partition coefficient (Wildman–Crippen LogP) is 1.94. The van der Waals surface area contributed by atoms with Crippen molar-refractivity contribution in [3.63, 3.8) is 0 Å². The van der Waals surface area contributed by atoms with E-state index in [4.69, 9.17) is 4.42 Å². The highest BCUT2D eigenvalue weighted by Gasteiger charge is 2.16. The van der Waals surface area contributed by atoms with Crippen LogP contribution in [0, 0.1) is 15.9 Å². The van der Waals surface area contributed by atoms with E-state index >= 15 is 0 Å². The molecule has 2 rings (SSSR count). The topological polar surface area (TPSA) is 94.1 Å². The van der Waals surface area contributed by atoms with E-state index in [0.29, 0.717) is 18.9 Å². The van der Waals surface area contributed by atoms with E-state index < -0.39 is 10.7 Å². The number of rotatable bonds is 6. The molecule has 0 saturated heterocycles. The van der Waals surface area contributed by atoms with Crippen molar-refractivity contribution in [2.45, 2.75) is 13.3 Å². The quantitative estimate of drug-likeness (QED) is 0.493. The van der Waals surface area contributed by atoms with Gasteiger partial charge in [0, 0.05) is 19.0 Å². The summed E-state index contributed by atoms with van der Waals surface area (Å²) in [6.45, 7) is 3.49. The highest BCUT2D eigenvalue weighted by atomic mass is 19.1. The van der Waals surface area contributed by atoms with Gasteiger partial charge in [-0.05, 0) is 12.6 Å². The summed E-state index contributed by atoms with van der Waals surface area (Å²) in [6.07, 6.45) is 0.537. The van der Waals surface area contributed by atoms with Crippen molar-refractivity contribution in [1.82, 2.24) is 15.5 Å². The van der Waals surface area contributed by atoms with E-state index in [9.17, 15) is 14.5 Å². The van der Waals surface area contributed by atoms with Gasteiger partial charge < -0.3 is 9.73 Å². The average molecular weight is 280 g/mol. The van der Waals surface area contributed by atoms with Gasteiger partial charge in [-0.3, -0.25) is 10.1 Å². The predicted molar refractivity (Wildman–Crippen MR) is 68.6 cm³/mol. The largest absolute Gasteiger partial charge is 0.421 e. The van der Waals surface area contributed by atoms with Crippen molar-refractivity contribution in [2.75, 3.05) is 13.1 Å².